The SMILES string of the molecule is CCN(CC)C(=O)C(CCN1CCC(NC(=O)OC(C)(C)C)C1)(c1ccccc1)c1ccccc1. The molecule has 0 aliphatic carbocycles. The van der Waals surface area contributed by atoms with Gasteiger partial charge in [-0.2, -0.15) is 0 Å². The van der Waals surface area contributed by atoms with Crippen LogP contribution >= 0.6 is 0 Å². The van der Waals surface area contributed by atoms with Crippen LogP contribution in [0.3, 0.4) is 0 Å². The number of rotatable bonds is 9. The van der Waals surface area contributed by atoms with E-state index >= 15 is 0 Å². The number of likely N-dealkylation sites (N-methyl/N-ethyl adjacent to an activating group) is 1. The molecule has 1 aliphatic rings. The van der Waals surface area contributed by atoms with Crippen molar-refractivity contribution >= 4 is 12.0 Å². The molecule has 0 radical (unpaired) electrons. The maximum Gasteiger partial charge on any atom is 0.407 e. The molecule has 0 bridgehead atoms. The summed E-state index contributed by atoms with van der Waals surface area (Å²) >= 11 is 0. The van der Waals surface area contributed by atoms with Crippen molar-refractivity contribution in [2.75, 3.05) is 32.7 Å². The van der Waals surface area contributed by atoms with E-state index < -0.39 is 11.0 Å². The predicted octanol–water partition coefficient (Wildman–Crippen LogP) is 4.83. The Kier molecular flexibility index (Phi) is 8.95. The van der Waals surface area contributed by atoms with E-state index in [4.69, 9.17) is 4.74 Å². The average molecular weight is 480 g/mol. The molecule has 1 aliphatic heterocycles. The Morgan fingerprint density at radius 2 is 1.51 bits per heavy atom. The highest BCUT2D eigenvalue weighted by atomic mass is 16.6. The molecule has 0 aromatic heterocycles. The maximum atomic E-state index is 14.2. The largest absolute Gasteiger partial charge is 0.444 e. The van der Waals surface area contributed by atoms with Crippen LogP contribution in [0.2, 0.25) is 0 Å². The summed E-state index contributed by atoms with van der Waals surface area (Å²) in [7, 11) is 0. The van der Waals surface area contributed by atoms with Gasteiger partial charge >= 0.3 is 6.09 Å². The van der Waals surface area contributed by atoms with Crippen LogP contribution in [-0.2, 0) is 14.9 Å². The van der Waals surface area contributed by atoms with Crippen LogP contribution in [0.5, 0.6) is 0 Å². The lowest BCUT2D eigenvalue weighted by Crippen LogP contribution is -2.49. The van der Waals surface area contributed by atoms with Gasteiger partial charge in [-0.1, -0.05) is 60.7 Å². The molecule has 2 aromatic rings. The number of likely N-dealkylation sites (tertiary alicyclic amines) is 1. The van der Waals surface area contributed by atoms with Gasteiger partial charge in [-0.3, -0.25) is 4.79 Å². The lowest BCUT2D eigenvalue weighted by atomic mass is 9.70. The molecule has 1 heterocycles. The van der Waals surface area contributed by atoms with E-state index in [0.717, 1.165) is 37.2 Å². The number of carbonyl (C=O) groups is 2. The first-order chi connectivity index (χ1) is 16.7. The molecule has 1 N–H and O–H groups in total. The van der Waals surface area contributed by atoms with Gasteiger partial charge in [-0.05, 0) is 65.1 Å². The molecule has 2 aromatic carbocycles. The van der Waals surface area contributed by atoms with Crippen LogP contribution < -0.4 is 5.32 Å². The van der Waals surface area contributed by atoms with Gasteiger partial charge in [-0.15, -0.1) is 0 Å². The number of carbonyl (C=O) groups excluding carboxylic acids is 2. The standard InChI is InChI=1S/C29H41N3O3/c1-6-32(7-2)26(33)29(23-14-10-8-11-15-23,24-16-12-9-13-17-24)19-21-31-20-18-25(22-31)30-27(34)35-28(3,4)5/h8-17,25H,6-7,18-22H2,1-5H3,(H,30,34). The molecule has 35 heavy (non-hydrogen) atoms. The average Bonchev–Trinajstić information content (AvgIpc) is 3.27. The van der Waals surface area contributed by atoms with Gasteiger partial charge in [0.15, 0.2) is 0 Å². The monoisotopic (exact) mass is 479 g/mol. The van der Waals surface area contributed by atoms with Gasteiger partial charge in [0.05, 0.1) is 0 Å². The number of nitrogens with zero attached hydrogens (tertiary/aromatic N) is 2. The fourth-order valence-corrected chi connectivity index (χ4v) is 4.99. The van der Waals surface area contributed by atoms with Crippen LogP contribution in [0.4, 0.5) is 4.79 Å². The Labute approximate surface area is 210 Å². The fourth-order valence-electron chi connectivity index (χ4n) is 4.99. The quantitative estimate of drug-likeness (QED) is 0.560. The van der Waals surface area contributed by atoms with Gasteiger partial charge in [0.1, 0.15) is 11.0 Å². The van der Waals surface area contributed by atoms with Crippen molar-refractivity contribution in [1.82, 2.24) is 15.1 Å². The number of amides is 2. The summed E-state index contributed by atoms with van der Waals surface area (Å²) in [4.78, 5) is 30.7. The Hall–Kier alpha value is -2.86. The predicted molar refractivity (Wildman–Crippen MR) is 140 cm³/mol. The van der Waals surface area contributed by atoms with E-state index in [9.17, 15) is 9.59 Å². The highest BCUT2D eigenvalue weighted by molar-refractivity contribution is 5.92. The maximum absolute atomic E-state index is 14.2. The molecule has 0 spiro atoms. The molecule has 1 unspecified atom stereocenters. The van der Waals surface area contributed by atoms with Crippen molar-refractivity contribution in [3.05, 3.63) is 71.8 Å². The summed E-state index contributed by atoms with van der Waals surface area (Å²) in [6.07, 6.45) is 1.16. The van der Waals surface area contributed by atoms with Gasteiger partial charge < -0.3 is 19.9 Å². The van der Waals surface area contributed by atoms with Crippen molar-refractivity contribution in [3.8, 4) is 0 Å². The van der Waals surface area contributed by atoms with Crippen LogP contribution in [0, 0.1) is 0 Å². The summed E-state index contributed by atoms with van der Waals surface area (Å²) in [6.45, 7) is 13.4. The van der Waals surface area contributed by atoms with E-state index in [0.29, 0.717) is 19.5 Å². The Bertz CT molecular complexity index is 913. The molecule has 0 saturated carbocycles. The summed E-state index contributed by atoms with van der Waals surface area (Å²) < 4.78 is 5.43. The van der Waals surface area contributed by atoms with Crippen molar-refractivity contribution in [2.45, 2.75) is 64.5 Å². The molecule has 1 saturated heterocycles. The zero-order valence-electron chi connectivity index (χ0n) is 21.9. The third kappa shape index (κ3) is 6.63. The van der Waals surface area contributed by atoms with Crippen LogP contribution in [0.1, 0.15) is 58.6 Å². The number of alkyl carbamates (subject to hydrolysis) is 1. The van der Waals surface area contributed by atoms with E-state index in [1.165, 1.54) is 0 Å². The first kappa shape index (κ1) is 26.7. The lowest BCUT2D eigenvalue weighted by molar-refractivity contribution is -0.136. The van der Waals surface area contributed by atoms with Crippen molar-refractivity contribution in [2.24, 2.45) is 0 Å². The van der Waals surface area contributed by atoms with Crippen molar-refractivity contribution < 1.29 is 14.3 Å². The molecule has 190 valence electrons. The van der Waals surface area contributed by atoms with Crippen LogP contribution in [0.25, 0.3) is 0 Å². The van der Waals surface area contributed by atoms with Crippen LogP contribution in [0.15, 0.2) is 60.7 Å². The van der Waals surface area contributed by atoms with Gasteiger partial charge in [0.25, 0.3) is 0 Å². The highest BCUT2D eigenvalue weighted by Crippen LogP contribution is 2.38. The lowest BCUT2D eigenvalue weighted by Gasteiger charge is -2.39. The second kappa shape index (κ2) is 11.7. The number of hydrogen-bond donors (Lipinski definition) is 1. The topological polar surface area (TPSA) is 61.9 Å². The summed E-state index contributed by atoms with van der Waals surface area (Å²) in [5, 5.41) is 3.01. The minimum absolute atomic E-state index is 0.0474. The molecule has 1 fully saturated rings. The van der Waals surface area contributed by atoms with Gasteiger partial charge in [0.2, 0.25) is 5.91 Å². The number of nitrogens with one attached hydrogen (secondary N) is 1. The summed E-state index contributed by atoms with van der Waals surface area (Å²) in [5.74, 6) is 0.141. The minimum Gasteiger partial charge on any atom is -0.444 e. The zero-order valence-corrected chi connectivity index (χ0v) is 21.9. The van der Waals surface area contributed by atoms with Crippen molar-refractivity contribution in [1.29, 1.82) is 0 Å². The second-order valence-corrected chi connectivity index (χ2v) is 10.3. The van der Waals surface area contributed by atoms with E-state index in [-0.39, 0.29) is 18.0 Å². The number of hydrogen-bond acceptors (Lipinski definition) is 4. The second-order valence-electron chi connectivity index (χ2n) is 10.3. The molecule has 6 heteroatoms. The molecule has 6 nitrogen and oxygen atoms in total. The molecule has 3 rings (SSSR count). The van der Waals surface area contributed by atoms with Gasteiger partial charge in [-0.25, -0.2) is 4.79 Å². The van der Waals surface area contributed by atoms with Crippen molar-refractivity contribution in [3.63, 3.8) is 0 Å². The van der Waals surface area contributed by atoms with Gasteiger partial charge in [0, 0.05) is 32.2 Å². The zero-order chi connectivity index (χ0) is 25.5. The van der Waals surface area contributed by atoms with E-state index in [1.807, 2.05) is 75.9 Å². The highest BCUT2D eigenvalue weighted by Gasteiger charge is 2.44. The Morgan fingerprint density at radius 3 is 2.00 bits per heavy atom. The third-order valence-corrected chi connectivity index (χ3v) is 6.75. The minimum atomic E-state index is -0.773. The number of ether oxygens (including phenoxy) is 1. The Morgan fingerprint density at radius 1 is 0.971 bits per heavy atom. The molecule has 2 amide bonds. The smallest absolute Gasteiger partial charge is 0.407 e. The van der Waals surface area contributed by atoms with Crippen LogP contribution in [-0.4, -0.2) is 66.2 Å². The fraction of sp³-hybridized carbons (Fsp3) is 0.517. The first-order valence-corrected chi connectivity index (χ1v) is 12.8. The molecule has 1 atom stereocenters. The number of benzene rings is 2. The summed E-state index contributed by atoms with van der Waals surface area (Å²) in [5.41, 5.74) is 0.750. The normalized spacial score (nSPS) is 16.7. The molecular formula is C29H41N3O3. The van der Waals surface area contributed by atoms with E-state index in [1.54, 1.807) is 0 Å². The molecular weight excluding hydrogens is 438 g/mol. The third-order valence-electron chi connectivity index (χ3n) is 6.75. The van der Waals surface area contributed by atoms with E-state index in [2.05, 4.69) is 34.5 Å². The first-order valence-electron chi connectivity index (χ1n) is 12.8. The Balaban J connectivity index is 1.84. The summed E-state index contributed by atoms with van der Waals surface area (Å²) in [6, 6.07) is 20.4.